The van der Waals surface area contributed by atoms with E-state index in [1.54, 1.807) is 43.3 Å². The van der Waals surface area contributed by atoms with Crippen LogP contribution in [0.25, 0.3) is 0 Å². The maximum Gasteiger partial charge on any atom is 0.343 e. The van der Waals surface area contributed by atoms with Crippen molar-refractivity contribution in [2.75, 3.05) is 10.8 Å². The van der Waals surface area contributed by atoms with E-state index < -0.39 is 16.0 Å². The van der Waals surface area contributed by atoms with E-state index >= 15 is 0 Å². The topological polar surface area (TPSA) is 63.7 Å². The lowest BCUT2D eigenvalue weighted by Gasteiger charge is -2.22. The van der Waals surface area contributed by atoms with Gasteiger partial charge in [-0.15, -0.1) is 0 Å². The van der Waals surface area contributed by atoms with Crippen LogP contribution >= 0.6 is 0 Å². The predicted molar refractivity (Wildman–Crippen MR) is 114 cm³/mol. The Morgan fingerprint density at radius 1 is 0.897 bits per heavy atom. The van der Waals surface area contributed by atoms with Crippen LogP contribution in [-0.2, 0) is 10.0 Å². The quantitative estimate of drug-likeness (QED) is 0.436. The van der Waals surface area contributed by atoms with Crippen molar-refractivity contribution in [3.63, 3.8) is 0 Å². The molecule has 0 saturated heterocycles. The molecule has 6 heteroatoms. The molecule has 0 aliphatic rings. The van der Waals surface area contributed by atoms with Crippen molar-refractivity contribution in [1.29, 1.82) is 0 Å². The molecule has 0 aliphatic carbocycles. The van der Waals surface area contributed by atoms with Crippen molar-refractivity contribution in [2.24, 2.45) is 0 Å². The second kappa shape index (κ2) is 8.49. The SMILES string of the molecule is CCN(c1ccccc1)S(=O)(=O)c1ccc(C(=O)Oc2ccc(C)c(C)c2)cc1. The van der Waals surface area contributed by atoms with Gasteiger partial charge in [-0.1, -0.05) is 24.3 Å². The molecule has 0 saturated carbocycles. The summed E-state index contributed by atoms with van der Waals surface area (Å²) in [6.45, 7) is 6.00. The van der Waals surface area contributed by atoms with E-state index in [4.69, 9.17) is 4.74 Å². The fourth-order valence-corrected chi connectivity index (χ4v) is 4.39. The Labute approximate surface area is 171 Å². The highest BCUT2D eigenvalue weighted by atomic mass is 32.2. The number of para-hydroxylation sites is 1. The third kappa shape index (κ3) is 4.49. The van der Waals surface area contributed by atoms with Crippen molar-refractivity contribution >= 4 is 21.7 Å². The summed E-state index contributed by atoms with van der Waals surface area (Å²) in [6.07, 6.45) is 0. The molecule has 5 nitrogen and oxygen atoms in total. The first-order valence-electron chi connectivity index (χ1n) is 9.30. The average Bonchev–Trinajstić information content (AvgIpc) is 2.72. The van der Waals surface area contributed by atoms with E-state index in [1.165, 1.54) is 28.6 Å². The molecular formula is C23H23NO4S. The Kier molecular flexibility index (Phi) is 6.03. The van der Waals surface area contributed by atoms with E-state index in [9.17, 15) is 13.2 Å². The summed E-state index contributed by atoms with van der Waals surface area (Å²) in [6, 6.07) is 20.1. The van der Waals surface area contributed by atoms with Gasteiger partial charge in [0.25, 0.3) is 10.0 Å². The van der Waals surface area contributed by atoms with Crippen LogP contribution < -0.4 is 9.04 Å². The lowest BCUT2D eigenvalue weighted by Crippen LogP contribution is -2.30. The number of carbonyl (C=O) groups excluding carboxylic acids is 1. The summed E-state index contributed by atoms with van der Waals surface area (Å²) in [5.74, 6) is -0.0800. The molecule has 3 aromatic carbocycles. The smallest absolute Gasteiger partial charge is 0.343 e. The molecule has 150 valence electrons. The zero-order valence-corrected chi connectivity index (χ0v) is 17.4. The number of carbonyl (C=O) groups is 1. The molecule has 0 bridgehead atoms. The predicted octanol–water partition coefficient (Wildman–Crippen LogP) is 4.74. The fourth-order valence-electron chi connectivity index (χ4n) is 2.92. The highest BCUT2D eigenvalue weighted by molar-refractivity contribution is 7.92. The van der Waals surface area contributed by atoms with Gasteiger partial charge in [-0.2, -0.15) is 0 Å². The highest BCUT2D eigenvalue weighted by Crippen LogP contribution is 2.24. The Bertz CT molecular complexity index is 1110. The van der Waals surface area contributed by atoms with Crippen LogP contribution in [0.2, 0.25) is 0 Å². The maximum absolute atomic E-state index is 13.0. The van der Waals surface area contributed by atoms with Crippen molar-refractivity contribution in [2.45, 2.75) is 25.7 Å². The number of sulfonamides is 1. The van der Waals surface area contributed by atoms with Crippen LogP contribution in [0, 0.1) is 13.8 Å². The number of ether oxygens (including phenoxy) is 1. The molecular weight excluding hydrogens is 386 g/mol. The highest BCUT2D eigenvalue weighted by Gasteiger charge is 2.23. The lowest BCUT2D eigenvalue weighted by atomic mass is 10.1. The van der Waals surface area contributed by atoms with Crippen LogP contribution in [0.5, 0.6) is 5.75 Å². The molecule has 0 radical (unpaired) electrons. The summed E-state index contributed by atoms with van der Waals surface area (Å²) in [7, 11) is -3.73. The summed E-state index contributed by atoms with van der Waals surface area (Å²) < 4.78 is 32.8. The minimum absolute atomic E-state index is 0.117. The van der Waals surface area contributed by atoms with E-state index in [-0.39, 0.29) is 10.5 Å². The van der Waals surface area contributed by atoms with E-state index in [0.717, 1.165) is 11.1 Å². The summed E-state index contributed by atoms with van der Waals surface area (Å²) in [4.78, 5) is 12.5. The van der Waals surface area contributed by atoms with Crippen LogP contribution in [0.1, 0.15) is 28.4 Å². The molecule has 0 fully saturated rings. The van der Waals surface area contributed by atoms with Gasteiger partial charge in [0, 0.05) is 6.54 Å². The van der Waals surface area contributed by atoms with Crippen LogP contribution in [0.15, 0.2) is 77.7 Å². The molecule has 0 atom stereocenters. The van der Waals surface area contributed by atoms with Crippen LogP contribution in [0.4, 0.5) is 5.69 Å². The Morgan fingerprint density at radius 3 is 2.14 bits per heavy atom. The van der Waals surface area contributed by atoms with E-state index in [1.807, 2.05) is 26.0 Å². The Balaban J connectivity index is 1.81. The third-order valence-electron chi connectivity index (χ3n) is 4.70. The number of aryl methyl sites for hydroxylation is 2. The Hall–Kier alpha value is -3.12. The van der Waals surface area contributed by atoms with Crippen LogP contribution in [-0.4, -0.2) is 20.9 Å². The van der Waals surface area contributed by atoms with E-state index in [0.29, 0.717) is 18.0 Å². The fraction of sp³-hybridized carbons (Fsp3) is 0.174. The number of hydrogen-bond acceptors (Lipinski definition) is 4. The third-order valence-corrected chi connectivity index (χ3v) is 6.62. The van der Waals surface area contributed by atoms with Crippen LogP contribution in [0.3, 0.4) is 0 Å². The molecule has 0 amide bonds. The summed E-state index contributed by atoms with van der Waals surface area (Å²) in [5, 5.41) is 0. The van der Waals surface area contributed by atoms with Crippen molar-refractivity contribution in [3.05, 3.63) is 89.5 Å². The minimum Gasteiger partial charge on any atom is -0.423 e. The summed E-state index contributed by atoms with van der Waals surface area (Å²) in [5.41, 5.74) is 3.01. The number of hydrogen-bond donors (Lipinski definition) is 0. The molecule has 0 spiro atoms. The van der Waals surface area contributed by atoms with Gasteiger partial charge in [0.1, 0.15) is 5.75 Å². The van der Waals surface area contributed by atoms with Gasteiger partial charge in [-0.25, -0.2) is 13.2 Å². The summed E-state index contributed by atoms with van der Waals surface area (Å²) >= 11 is 0. The first-order chi connectivity index (χ1) is 13.8. The standard InChI is InChI=1S/C23H23NO4S/c1-4-24(20-8-6-5-7-9-20)29(26,27)22-14-11-19(12-15-22)23(25)28-21-13-10-17(2)18(3)16-21/h5-16H,4H2,1-3H3. The molecule has 3 rings (SSSR count). The first-order valence-corrected chi connectivity index (χ1v) is 10.7. The maximum atomic E-state index is 13.0. The lowest BCUT2D eigenvalue weighted by molar-refractivity contribution is 0.0734. The molecule has 0 heterocycles. The monoisotopic (exact) mass is 409 g/mol. The first kappa shape index (κ1) is 20.6. The van der Waals surface area contributed by atoms with Crippen molar-refractivity contribution in [1.82, 2.24) is 0 Å². The number of nitrogens with zero attached hydrogens (tertiary/aromatic N) is 1. The van der Waals surface area contributed by atoms with Gasteiger partial charge in [0.15, 0.2) is 0 Å². The molecule has 0 aliphatic heterocycles. The van der Waals surface area contributed by atoms with Crippen molar-refractivity contribution < 1.29 is 17.9 Å². The van der Waals surface area contributed by atoms with Gasteiger partial charge in [0.05, 0.1) is 16.1 Å². The number of benzene rings is 3. The largest absolute Gasteiger partial charge is 0.423 e. The molecule has 3 aromatic rings. The molecule has 29 heavy (non-hydrogen) atoms. The number of esters is 1. The van der Waals surface area contributed by atoms with Crippen molar-refractivity contribution in [3.8, 4) is 5.75 Å². The molecule has 0 N–H and O–H groups in total. The van der Waals surface area contributed by atoms with E-state index in [2.05, 4.69) is 0 Å². The second-order valence-corrected chi connectivity index (χ2v) is 8.53. The van der Waals surface area contributed by atoms with Gasteiger partial charge in [-0.3, -0.25) is 4.31 Å². The zero-order chi connectivity index (χ0) is 21.0. The number of rotatable bonds is 6. The normalized spacial score (nSPS) is 11.1. The van der Waals surface area contributed by atoms with Gasteiger partial charge in [0.2, 0.25) is 0 Å². The number of anilines is 1. The van der Waals surface area contributed by atoms with Gasteiger partial charge < -0.3 is 4.74 Å². The van der Waals surface area contributed by atoms with Gasteiger partial charge in [-0.05, 0) is 80.4 Å². The second-order valence-electron chi connectivity index (χ2n) is 6.67. The minimum atomic E-state index is -3.73. The molecule has 0 unspecified atom stereocenters. The average molecular weight is 410 g/mol. The van der Waals surface area contributed by atoms with Gasteiger partial charge >= 0.3 is 5.97 Å². The molecule has 0 aromatic heterocycles. The Morgan fingerprint density at radius 2 is 1.55 bits per heavy atom. The zero-order valence-electron chi connectivity index (χ0n) is 16.6.